The second-order valence-corrected chi connectivity index (χ2v) is 4.74. The van der Waals surface area contributed by atoms with E-state index in [2.05, 4.69) is 4.98 Å². The van der Waals surface area contributed by atoms with E-state index >= 15 is 0 Å². The number of nitrogens with zero attached hydrogens (tertiary/aromatic N) is 2. The fraction of sp³-hybridized carbons (Fsp3) is 0.167. The molecule has 1 heterocycles. The highest BCUT2D eigenvalue weighted by Crippen LogP contribution is 2.25. The molecule has 0 aliphatic heterocycles. The number of hydrogen-bond acceptors (Lipinski definition) is 3. The van der Waals surface area contributed by atoms with Crippen molar-refractivity contribution in [3.63, 3.8) is 0 Å². The van der Waals surface area contributed by atoms with Gasteiger partial charge in [0.2, 0.25) is 0 Å². The second-order valence-electron chi connectivity index (χ2n) is 3.80. The first-order valence-electron chi connectivity index (χ1n) is 5.33. The average molecular weight is 284 g/mol. The van der Waals surface area contributed by atoms with Crippen molar-refractivity contribution in [2.75, 3.05) is 5.75 Å². The molecule has 4 nitrogen and oxygen atoms in total. The SMILES string of the molecule is Cc1cnc(SCC(=O)O)n1-c1cc(F)ccc1F. The van der Waals surface area contributed by atoms with Crippen LogP contribution in [-0.2, 0) is 4.79 Å². The van der Waals surface area contributed by atoms with Gasteiger partial charge in [0, 0.05) is 18.0 Å². The summed E-state index contributed by atoms with van der Waals surface area (Å²) in [6.45, 7) is 1.68. The summed E-state index contributed by atoms with van der Waals surface area (Å²) in [5.74, 6) is -2.37. The van der Waals surface area contributed by atoms with E-state index in [1.807, 2.05) is 0 Å². The van der Waals surface area contributed by atoms with Crippen LogP contribution in [0.2, 0.25) is 0 Å². The second kappa shape index (κ2) is 5.40. The summed E-state index contributed by atoms with van der Waals surface area (Å²) in [5, 5.41) is 8.96. The van der Waals surface area contributed by atoms with Crippen molar-refractivity contribution in [3.05, 3.63) is 41.7 Å². The Bertz CT molecular complexity index is 628. The Kier molecular flexibility index (Phi) is 3.84. The first-order chi connectivity index (χ1) is 8.99. The summed E-state index contributed by atoms with van der Waals surface area (Å²) in [5.41, 5.74) is 0.611. The topological polar surface area (TPSA) is 55.1 Å². The van der Waals surface area contributed by atoms with Crippen LogP contribution >= 0.6 is 11.8 Å². The molecule has 0 spiro atoms. The molecule has 2 aromatic rings. The Balaban J connectivity index is 2.46. The molecule has 0 unspecified atom stereocenters. The van der Waals surface area contributed by atoms with E-state index in [-0.39, 0.29) is 11.4 Å². The number of hydrogen-bond donors (Lipinski definition) is 1. The molecule has 1 N–H and O–H groups in total. The molecule has 1 aromatic carbocycles. The maximum atomic E-state index is 13.8. The van der Waals surface area contributed by atoms with Gasteiger partial charge >= 0.3 is 5.97 Å². The van der Waals surface area contributed by atoms with Crippen LogP contribution in [0.25, 0.3) is 5.69 Å². The van der Waals surface area contributed by atoms with Gasteiger partial charge in [-0.3, -0.25) is 9.36 Å². The van der Waals surface area contributed by atoms with E-state index in [0.29, 0.717) is 10.9 Å². The largest absolute Gasteiger partial charge is 0.481 e. The molecule has 19 heavy (non-hydrogen) atoms. The zero-order valence-electron chi connectivity index (χ0n) is 9.93. The lowest BCUT2D eigenvalue weighted by atomic mass is 10.3. The monoisotopic (exact) mass is 284 g/mol. The number of aliphatic carboxylic acids is 1. The van der Waals surface area contributed by atoms with Crippen molar-refractivity contribution in [3.8, 4) is 5.69 Å². The molecule has 0 radical (unpaired) electrons. The van der Waals surface area contributed by atoms with Crippen molar-refractivity contribution < 1.29 is 18.7 Å². The molecular formula is C12H10F2N2O2S. The van der Waals surface area contributed by atoms with Crippen molar-refractivity contribution in [2.45, 2.75) is 12.1 Å². The molecule has 0 aliphatic rings. The third kappa shape index (κ3) is 2.93. The van der Waals surface area contributed by atoms with Crippen LogP contribution in [0.3, 0.4) is 0 Å². The van der Waals surface area contributed by atoms with Crippen LogP contribution in [0.15, 0.2) is 29.6 Å². The molecule has 7 heteroatoms. The molecule has 0 saturated carbocycles. The third-order valence-corrected chi connectivity index (χ3v) is 3.32. The smallest absolute Gasteiger partial charge is 0.313 e. The summed E-state index contributed by atoms with van der Waals surface area (Å²) in [6.07, 6.45) is 1.48. The molecule has 0 atom stereocenters. The summed E-state index contributed by atoms with van der Waals surface area (Å²) in [4.78, 5) is 14.6. The third-order valence-electron chi connectivity index (χ3n) is 2.38. The molecular weight excluding hydrogens is 274 g/mol. The standard InChI is InChI=1S/C12H10F2N2O2S/c1-7-5-15-12(19-6-11(17)18)16(7)10-4-8(13)2-3-9(10)14/h2-5H,6H2,1H3,(H,17,18). The van der Waals surface area contributed by atoms with Gasteiger partial charge in [-0.2, -0.15) is 0 Å². The number of halogens is 2. The van der Waals surface area contributed by atoms with Crippen LogP contribution in [0.5, 0.6) is 0 Å². The maximum absolute atomic E-state index is 13.8. The minimum Gasteiger partial charge on any atom is -0.481 e. The lowest BCUT2D eigenvalue weighted by molar-refractivity contribution is -0.133. The summed E-state index contributed by atoms with van der Waals surface area (Å²) < 4.78 is 28.4. The van der Waals surface area contributed by atoms with Gasteiger partial charge in [0.15, 0.2) is 5.16 Å². The van der Waals surface area contributed by atoms with E-state index in [9.17, 15) is 13.6 Å². The van der Waals surface area contributed by atoms with E-state index in [4.69, 9.17) is 5.11 Å². The Morgan fingerprint density at radius 2 is 2.21 bits per heavy atom. The van der Waals surface area contributed by atoms with Gasteiger partial charge in [-0.1, -0.05) is 11.8 Å². The Labute approximate surface area is 112 Å². The summed E-state index contributed by atoms with van der Waals surface area (Å²) in [6, 6.07) is 3.10. The van der Waals surface area contributed by atoms with Gasteiger partial charge in [0.25, 0.3) is 0 Å². The van der Waals surface area contributed by atoms with Crippen molar-refractivity contribution in [1.29, 1.82) is 0 Å². The van der Waals surface area contributed by atoms with E-state index in [1.165, 1.54) is 10.8 Å². The number of rotatable bonds is 4. The molecule has 0 bridgehead atoms. The lowest BCUT2D eigenvalue weighted by Crippen LogP contribution is -2.05. The predicted molar refractivity (Wildman–Crippen MR) is 66.6 cm³/mol. The van der Waals surface area contributed by atoms with Crippen LogP contribution in [0, 0.1) is 18.6 Å². The fourth-order valence-electron chi connectivity index (χ4n) is 1.59. The number of aromatic nitrogens is 2. The van der Waals surface area contributed by atoms with Crippen molar-refractivity contribution >= 4 is 17.7 Å². The van der Waals surface area contributed by atoms with Crippen molar-refractivity contribution in [2.24, 2.45) is 0 Å². The summed E-state index contributed by atoms with van der Waals surface area (Å²) in [7, 11) is 0. The molecule has 2 rings (SSSR count). The zero-order chi connectivity index (χ0) is 14.0. The van der Waals surface area contributed by atoms with Crippen LogP contribution < -0.4 is 0 Å². The minimum atomic E-state index is -1.00. The Hall–Kier alpha value is -1.89. The first kappa shape index (κ1) is 13.5. The van der Waals surface area contributed by atoms with E-state index < -0.39 is 17.6 Å². The number of carbonyl (C=O) groups is 1. The van der Waals surface area contributed by atoms with Gasteiger partial charge in [0.1, 0.15) is 11.6 Å². The van der Waals surface area contributed by atoms with Crippen molar-refractivity contribution in [1.82, 2.24) is 9.55 Å². The van der Waals surface area contributed by atoms with E-state index in [0.717, 1.165) is 30.0 Å². The summed E-state index contributed by atoms with van der Waals surface area (Å²) >= 11 is 0.949. The zero-order valence-corrected chi connectivity index (χ0v) is 10.7. The number of benzene rings is 1. The van der Waals surface area contributed by atoms with Crippen LogP contribution in [-0.4, -0.2) is 26.4 Å². The normalized spacial score (nSPS) is 10.7. The first-order valence-corrected chi connectivity index (χ1v) is 6.32. The number of imidazole rings is 1. The van der Waals surface area contributed by atoms with E-state index in [1.54, 1.807) is 6.92 Å². The fourth-order valence-corrected chi connectivity index (χ4v) is 2.34. The maximum Gasteiger partial charge on any atom is 0.313 e. The number of thioether (sulfide) groups is 1. The lowest BCUT2D eigenvalue weighted by Gasteiger charge is -2.10. The Morgan fingerprint density at radius 3 is 2.89 bits per heavy atom. The van der Waals surface area contributed by atoms with Gasteiger partial charge < -0.3 is 5.11 Å². The van der Waals surface area contributed by atoms with Gasteiger partial charge in [-0.15, -0.1) is 0 Å². The molecule has 0 amide bonds. The highest BCUT2D eigenvalue weighted by Gasteiger charge is 2.15. The molecule has 0 fully saturated rings. The number of carboxylic acid groups (broad SMARTS) is 1. The van der Waals surface area contributed by atoms with Gasteiger partial charge in [0.05, 0.1) is 11.4 Å². The molecule has 0 aliphatic carbocycles. The van der Waals surface area contributed by atoms with Crippen LogP contribution in [0.4, 0.5) is 8.78 Å². The Morgan fingerprint density at radius 1 is 1.47 bits per heavy atom. The highest BCUT2D eigenvalue weighted by atomic mass is 32.2. The predicted octanol–water partition coefficient (Wildman–Crippen LogP) is 2.64. The van der Waals surface area contributed by atoms with Gasteiger partial charge in [-0.05, 0) is 19.1 Å². The molecule has 1 aromatic heterocycles. The average Bonchev–Trinajstić information content (AvgIpc) is 2.71. The van der Waals surface area contributed by atoms with Crippen LogP contribution in [0.1, 0.15) is 5.69 Å². The molecule has 100 valence electrons. The quantitative estimate of drug-likeness (QED) is 0.877. The number of aryl methyl sites for hydroxylation is 1. The highest BCUT2D eigenvalue weighted by molar-refractivity contribution is 7.99. The molecule has 0 saturated heterocycles. The number of carboxylic acids is 1. The van der Waals surface area contributed by atoms with Gasteiger partial charge in [-0.25, -0.2) is 13.8 Å². The minimum absolute atomic E-state index is 0.0166.